The lowest BCUT2D eigenvalue weighted by Gasteiger charge is -2.11. The number of amides is 1. The zero-order chi connectivity index (χ0) is 20.2. The maximum Gasteiger partial charge on any atom is 0.258 e. The highest BCUT2D eigenvalue weighted by Crippen LogP contribution is 2.35. The van der Waals surface area contributed by atoms with Gasteiger partial charge in [0.15, 0.2) is 0 Å². The molecule has 0 atom stereocenters. The highest BCUT2D eigenvalue weighted by molar-refractivity contribution is 6.32. The average molecular weight is 384 g/mol. The predicted molar refractivity (Wildman–Crippen MR) is 119 cm³/mol. The van der Waals surface area contributed by atoms with Crippen LogP contribution in [0.3, 0.4) is 0 Å². The number of nitrogen functional groups attached to an aromatic ring is 1. The number of carbonyl (C=O) groups is 1. The van der Waals surface area contributed by atoms with Crippen LogP contribution in [0.25, 0.3) is 5.57 Å². The van der Waals surface area contributed by atoms with Crippen molar-refractivity contribution in [2.75, 3.05) is 16.4 Å². The van der Waals surface area contributed by atoms with Gasteiger partial charge in [0.05, 0.1) is 5.57 Å². The Hall–Kier alpha value is -3.57. The normalized spacial score (nSPS) is 14.3. The molecule has 0 spiro atoms. The molecule has 0 radical (unpaired) electrons. The third-order valence-electron chi connectivity index (χ3n) is 4.95. The predicted octanol–water partition coefficient (Wildman–Crippen LogP) is 4.35. The molecule has 5 heteroatoms. The van der Waals surface area contributed by atoms with Crippen molar-refractivity contribution in [3.8, 4) is 0 Å². The number of hydrogen-bond donors (Lipinski definition) is 4. The second kappa shape index (κ2) is 8.20. The molecular weight excluding hydrogens is 360 g/mol. The Morgan fingerprint density at radius 3 is 2.34 bits per heavy atom. The number of hydrogen-bond acceptors (Lipinski definition) is 4. The monoisotopic (exact) mass is 384 g/mol. The fourth-order valence-electron chi connectivity index (χ4n) is 3.49. The van der Waals surface area contributed by atoms with Crippen molar-refractivity contribution in [1.82, 2.24) is 5.32 Å². The van der Waals surface area contributed by atoms with E-state index in [0.29, 0.717) is 11.3 Å². The van der Waals surface area contributed by atoms with E-state index < -0.39 is 0 Å². The molecule has 4 rings (SSSR count). The fraction of sp³-hybridized carbons (Fsp3) is 0.125. The number of fused-ring (bicyclic) bond motifs is 1. The average Bonchev–Trinajstić information content (AvgIpc) is 3.05. The van der Waals surface area contributed by atoms with Crippen LogP contribution in [0.15, 0.2) is 78.5 Å². The molecule has 146 valence electrons. The van der Waals surface area contributed by atoms with Gasteiger partial charge < -0.3 is 21.7 Å². The highest BCUT2D eigenvalue weighted by atomic mass is 16.2. The zero-order valence-electron chi connectivity index (χ0n) is 16.3. The molecular formula is C24H24N4O. The van der Waals surface area contributed by atoms with E-state index >= 15 is 0 Å². The first-order chi connectivity index (χ1) is 14.1. The second-order valence-corrected chi connectivity index (χ2v) is 7.17. The Labute approximate surface area is 170 Å². The van der Waals surface area contributed by atoms with Crippen molar-refractivity contribution < 1.29 is 4.79 Å². The van der Waals surface area contributed by atoms with Crippen LogP contribution >= 0.6 is 0 Å². The van der Waals surface area contributed by atoms with Crippen molar-refractivity contribution in [3.05, 3.63) is 95.2 Å². The topological polar surface area (TPSA) is 79.2 Å². The minimum Gasteiger partial charge on any atom is -0.399 e. The van der Waals surface area contributed by atoms with E-state index in [2.05, 4.69) is 40.2 Å². The third kappa shape index (κ3) is 4.31. The summed E-state index contributed by atoms with van der Waals surface area (Å²) in [6.07, 6.45) is 0. The van der Waals surface area contributed by atoms with Crippen molar-refractivity contribution in [3.63, 3.8) is 0 Å². The number of rotatable bonds is 6. The summed E-state index contributed by atoms with van der Waals surface area (Å²) in [5, 5.41) is 9.68. The molecule has 0 fully saturated rings. The summed E-state index contributed by atoms with van der Waals surface area (Å²) in [6.45, 7) is 3.54. The second-order valence-electron chi connectivity index (χ2n) is 7.17. The quantitative estimate of drug-likeness (QED) is 0.376. The van der Waals surface area contributed by atoms with Crippen molar-refractivity contribution in [2.24, 2.45) is 0 Å². The summed E-state index contributed by atoms with van der Waals surface area (Å²) in [5.74, 6) is -0.114. The van der Waals surface area contributed by atoms with Gasteiger partial charge in [0.2, 0.25) is 0 Å². The van der Waals surface area contributed by atoms with Gasteiger partial charge in [0.1, 0.15) is 0 Å². The van der Waals surface area contributed by atoms with Crippen LogP contribution in [0.5, 0.6) is 0 Å². The summed E-state index contributed by atoms with van der Waals surface area (Å²) >= 11 is 0. The van der Waals surface area contributed by atoms with E-state index in [1.54, 1.807) is 6.07 Å². The molecule has 3 aromatic rings. The molecule has 0 unspecified atom stereocenters. The van der Waals surface area contributed by atoms with E-state index in [9.17, 15) is 4.79 Å². The lowest BCUT2D eigenvalue weighted by molar-refractivity contribution is -0.110. The van der Waals surface area contributed by atoms with E-state index in [0.717, 1.165) is 35.7 Å². The van der Waals surface area contributed by atoms with Gasteiger partial charge >= 0.3 is 0 Å². The number of benzene rings is 3. The van der Waals surface area contributed by atoms with Gasteiger partial charge in [-0.05, 0) is 48.4 Å². The molecule has 1 amide bonds. The van der Waals surface area contributed by atoms with Crippen LogP contribution in [0.2, 0.25) is 0 Å². The Morgan fingerprint density at radius 1 is 0.931 bits per heavy atom. The summed E-state index contributed by atoms with van der Waals surface area (Å²) in [4.78, 5) is 12.4. The first-order valence-corrected chi connectivity index (χ1v) is 9.63. The van der Waals surface area contributed by atoms with Gasteiger partial charge in [-0.15, -0.1) is 0 Å². The molecule has 5 nitrogen and oxygen atoms in total. The molecule has 5 N–H and O–H groups in total. The van der Waals surface area contributed by atoms with Gasteiger partial charge in [-0.25, -0.2) is 0 Å². The molecule has 1 aliphatic rings. The number of nitrogens with two attached hydrogens (primary N) is 1. The number of allylic oxidation sites excluding steroid dienone is 1. The molecule has 0 bridgehead atoms. The molecule has 0 aliphatic carbocycles. The van der Waals surface area contributed by atoms with Crippen LogP contribution in [0.1, 0.15) is 23.6 Å². The van der Waals surface area contributed by atoms with E-state index in [1.165, 1.54) is 11.1 Å². The summed E-state index contributed by atoms with van der Waals surface area (Å²) in [5.41, 5.74) is 13.0. The Kier molecular flexibility index (Phi) is 5.31. The van der Waals surface area contributed by atoms with Crippen LogP contribution < -0.4 is 21.7 Å². The van der Waals surface area contributed by atoms with Crippen molar-refractivity contribution in [1.29, 1.82) is 0 Å². The lowest BCUT2D eigenvalue weighted by atomic mass is 10.0. The molecule has 1 aliphatic heterocycles. The first kappa shape index (κ1) is 18.8. The number of nitrogens with one attached hydrogen (secondary N) is 3. The van der Waals surface area contributed by atoms with Gasteiger partial charge in [0, 0.05) is 41.4 Å². The third-order valence-corrected chi connectivity index (χ3v) is 4.95. The molecule has 0 saturated carbocycles. The largest absolute Gasteiger partial charge is 0.399 e. The lowest BCUT2D eigenvalue weighted by Crippen LogP contribution is -2.12. The van der Waals surface area contributed by atoms with Crippen molar-refractivity contribution in [2.45, 2.75) is 20.0 Å². The van der Waals surface area contributed by atoms with Crippen LogP contribution in [-0.2, 0) is 17.9 Å². The first-order valence-electron chi connectivity index (χ1n) is 9.63. The smallest absolute Gasteiger partial charge is 0.258 e. The fourth-order valence-corrected chi connectivity index (χ4v) is 3.49. The highest BCUT2D eigenvalue weighted by Gasteiger charge is 2.26. The zero-order valence-corrected chi connectivity index (χ0v) is 16.3. The summed E-state index contributed by atoms with van der Waals surface area (Å²) in [7, 11) is 0. The maximum atomic E-state index is 12.4. The van der Waals surface area contributed by atoms with Crippen molar-refractivity contribution >= 4 is 28.5 Å². The minimum absolute atomic E-state index is 0.114. The molecule has 29 heavy (non-hydrogen) atoms. The van der Waals surface area contributed by atoms with Gasteiger partial charge in [-0.3, -0.25) is 4.79 Å². The number of carbonyl (C=O) groups excluding carboxylic acids is 1. The Bertz CT molecular complexity index is 1060. The van der Waals surface area contributed by atoms with Gasteiger partial charge in [-0.2, -0.15) is 0 Å². The van der Waals surface area contributed by atoms with Crippen LogP contribution in [0, 0.1) is 0 Å². The van der Waals surface area contributed by atoms with E-state index in [4.69, 9.17) is 5.73 Å². The van der Waals surface area contributed by atoms with Crippen LogP contribution in [-0.4, -0.2) is 5.91 Å². The Balaban J connectivity index is 1.42. The van der Waals surface area contributed by atoms with E-state index in [-0.39, 0.29) is 5.91 Å². The SMILES string of the molecule is CC(Nc1ccc(CNCc2ccccc2)cc1)=C1C(=O)Nc2ccc(N)cc21. The number of anilines is 3. The van der Waals surface area contributed by atoms with E-state index in [1.807, 2.05) is 49.4 Å². The molecule has 1 heterocycles. The summed E-state index contributed by atoms with van der Waals surface area (Å²) < 4.78 is 0. The maximum absolute atomic E-state index is 12.4. The van der Waals surface area contributed by atoms with Crippen LogP contribution in [0.4, 0.5) is 17.1 Å². The Morgan fingerprint density at radius 2 is 1.62 bits per heavy atom. The molecule has 0 saturated heterocycles. The van der Waals surface area contributed by atoms with Gasteiger partial charge in [0.25, 0.3) is 5.91 Å². The summed E-state index contributed by atoms with van der Waals surface area (Å²) in [6, 6.07) is 24.0. The molecule has 0 aromatic heterocycles. The minimum atomic E-state index is -0.114. The van der Waals surface area contributed by atoms with Gasteiger partial charge in [-0.1, -0.05) is 42.5 Å². The molecule has 3 aromatic carbocycles. The standard InChI is InChI=1S/C24H24N4O/c1-16(23-21-13-19(25)9-12-22(21)28-24(23)29)27-20-10-7-18(8-11-20)15-26-14-17-5-3-2-4-6-17/h2-13,26-27H,14-15,25H2,1H3,(H,28,29).